The SMILES string of the molecule is CCCNS(=O)(=O)c1cc(C(=O)Nc2cc(OC)ccc2OC)ccc1N1CCCC1. The van der Waals surface area contributed by atoms with Crippen molar-refractivity contribution in [3.8, 4) is 11.5 Å². The molecule has 0 atom stereocenters. The summed E-state index contributed by atoms with van der Waals surface area (Å²) >= 11 is 0. The Labute approximate surface area is 183 Å². The van der Waals surface area contributed by atoms with Crippen LogP contribution in [0.25, 0.3) is 0 Å². The van der Waals surface area contributed by atoms with Crippen molar-refractivity contribution in [2.24, 2.45) is 0 Å². The molecule has 1 aliphatic heterocycles. The zero-order chi connectivity index (χ0) is 22.4. The topological polar surface area (TPSA) is 97.0 Å². The Kier molecular flexibility index (Phi) is 7.40. The van der Waals surface area contributed by atoms with Gasteiger partial charge in [-0.15, -0.1) is 0 Å². The number of benzene rings is 2. The Morgan fingerprint density at radius 1 is 1.06 bits per heavy atom. The second kappa shape index (κ2) is 10.0. The van der Waals surface area contributed by atoms with Crippen molar-refractivity contribution in [1.29, 1.82) is 0 Å². The molecular weight excluding hydrogens is 418 g/mol. The van der Waals surface area contributed by atoms with Gasteiger partial charge in [-0.3, -0.25) is 4.79 Å². The molecule has 9 heteroatoms. The van der Waals surface area contributed by atoms with Crippen LogP contribution in [-0.4, -0.2) is 48.2 Å². The van der Waals surface area contributed by atoms with Crippen LogP contribution in [0, 0.1) is 0 Å². The van der Waals surface area contributed by atoms with E-state index in [0.29, 0.717) is 35.8 Å². The Morgan fingerprint density at radius 3 is 2.45 bits per heavy atom. The second-order valence-electron chi connectivity index (χ2n) is 7.29. The molecule has 0 unspecified atom stereocenters. The van der Waals surface area contributed by atoms with Crippen LogP contribution in [0.15, 0.2) is 41.3 Å². The van der Waals surface area contributed by atoms with E-state index in [1.165, 1.54) is 20.3 Å². The zero-order valence-electron chi connectivity index (χ0n) is 18.1. The smallest absolute Gasteiger partial charge is 0.255 e. The Morgan fingerprint density at radius 2 is 1.81 bits per heavy atom. The quantitative estimate of drug-likeness (QED) is 0.613. The minimum atomic E-state index is -3.76. The molecule has 8 nitrogen and oxygen atoms in total. The van der Waals surface area contributed by atoms with Crippen LogP contribution in [0.5, 0.6) is 11.5 Å². The number of rotatable bonds is 9. The van der Waals surface area contributed by atoms with Gasteiger partial charge in [-0.05, 0) is 49.6 Å². The molecule has 168 valence electrons. The predicted molar refractivity (Wildman–Crippen MR) is 121 cm³/mol. The largest absolute Gasteiger partial charge is 0.497 e. The van der Waals surface area contributed by atoms with Gasteiger partial charge in [-0.25, -0.2) is 13.1 Å². The summed E-state index contributed by atoms with van der Waals surface area (Å²) in [6.07, 6.45) is 2.70. The lowest BCUT2D eigenvalue weighted by Crippen LogP contribution is -2.28. The van der Waals surface area contributed by atoms with E-state index in [4.69, 9.17) is 9.47 Å². The van der Waals surface area contributed by atoms with Gasteiger partial charge in [0.15, 0.2) is 0 Å². The van der Waals surface area contributed by atoms with E-state index < -0.39 is 15.9 Å². The minimum absolute atomic E-state index is 0.119. The van der Waals surface area contributed by atoms with Crippen molar-refractivity contribution < 1.29 is 22.7 Å². The Bertz CT molecular complexity index is 1030. The van der Waals surface area contributed by atoms with Gasteiger partial charge in [0.05, 0.1) is 25.6 Å². The van der Waals surface area contributed by atoms with Crippen molar-refractivity contribution in [1.82, 2.24) is 4.72 Å². The standard InChI is InChI=1S/C22H29N3O5S/c1-4-11-23-31(27,28)21-14-16(7-9-19(21)25-12-5-6-13-25)22(26)24-18-15-17(29-2)8-10-20(18)30-3/h7-10,14-15,23H,4-6,11-13H2,1-3H3,(H,24,26). The summed E-state index contributed by atoms with van der Waals surface area (Å²) in [7, 11) is -0.720. The average molecular weight is 448 g/mol. The molecule has 1 amide bonds. The summed E-state index contributed by atoms with van der Waals surface area (Å²) in [5.41, 5.74) is 1.30. The second-order valence-corrected chi connectivity index (χ2v) is 9.03. The summed E-state index contributed by atoms with van der Waals surface area (Å²) < 4.78 is 39.1. The first-order valence-corrected chi connectivity index (χ1v) is 11.8. The van der Waals surface area contributed by atoms with E-state index in [9.17, 15) is 13.2 Å². The van der Waals surface area contributed by atoms with Gasteiger partial charge in [0.1, 0.15) is 16.4 Å². The molecule has 0 spiro atoms. The first kappa shape index (κ1) is 22.9. The van der Waals surface area contributed by atoms with E-state index in [0.717, 1.165) is 25.9 Å². The highest BCUT2D eigenvalue weighted by atomic mass is 32.2. The normalized spacial score (nSPS) is 13.8. The Balaban J connectivity index is 1.96. The van der Waals surface area contributed by atoms with Crippen LogP contribution >= 0.6 is 0 Å². The van der Waals surface area contributed by atoms with Gasteiger partial charge < -0.3 is 19.7 Å². The molecule has 31 heavy (non-hydrogen) atoms. The molecule has 1 aliphatic rings. The van der Waals surface area contributed by atoms with Crippen molar-refractivity contribution in [2.45, 2.75) is 31.1 Å². The number of hydrogen-bond acceptors (Lipinski definition) is 6. The maximum Gasteiger partial charge on any atom is 0.255 e. The van der Waals surface area contributed by atoms with Crippen molar-refractivity contribution in [3.63, 3.8) is 0 Å². The zero-order valence-corrected chi connectivity index (χ0v) is 18.9. The third-order valence-electron chi connectivity index (χ3n) is 5.16. The fourth-order valence-corrected chi connectivity index (χ4v) is 4.89. The highest BCUT2D eigenvalue weighted by Crippen LogP contribution is 2.32. The van der Waals surface area contributed by atoms with Crippen LogP contribution in [0.3, 0.4) is 0 Å². The first-order chi connectivity index (χ1) is 14.9. The molecule has 3 rings (SSSR count). The van der Waals surface area contributed by atoms with E-state index in [1.807, 2.05) is 11.8 Å². The molecule has 0 radical (unpaired) electrons. The molecule has 0 aliphatic carbocycles. The summed E-state index contributed by atoms with van der Waals surface area (Å²) in [5, 5.41) is 2.79. The number of nitrogens with one attached hydrogen (secondary N) is 2. The fourth-order valence-electron chi connectivity index (χ4n) is 3.51. The number of carbonyl (C=O) groups is 1. The van der Waals surface area contributed by atoms with E-state index in [-0.39, 0.29) is 10.5 Å². The molecule has 1 saturated heterocycles. The van der Waals surface area contributed by atoms with Gasteiger partial charge in [-0.2, -0.15) is 0 Å². The maximum absolute atomic E-state index is 13.0. The van der Waals surface area contributed by atoms with Gasteiger partial charge in [0.2, 0.25) is 10.0 Å². The molecule has 0 bridgehead atoms. The monoisotopic (exact) mass is 447 g/mol. The number of ether oxygens (including phenoxy) is 2. The summed E-state index contributed by atoms with van der Waals surface area (Å²) in [6, 6.07) is 9.86. The third-order valence-corrected chi connectivity index (χ3v) is 6.65. The number of hydrogen-bond donors (Lipinski definition) is 2. The molecule has 1 fully saturated rings. The molecule has 1 heterocycles. The number of nitrogens with zero attached hydrogens (tertiary/aromatic N) is 1. The summed E-state index contributed by atoms with van der Waals surface area (Å²) in [6.45, 7) is 3.82. The van der Waals surface area contributed by atoms with Gasteiger partial charge in [-0.1, -0.05) is 6.92 Å². The average Bonchev–Trinajstić information content (AvgIpc) is 3.32. The minimum Gasteiger partial charge on any atom is -0.497 e. The fraction of sp³-hybridized carbons (Fsp3) is 0.409. The van der Waals surface area contributed by atoms with Crippen LogP contribution in [0.2, 0.25) is 0 Å². The highest BCUT2D eigenvalue weighted by Gasteiger charge is 2.25. The molecule has 2 aromatic rings. The van der Waals surface area contributed by atoms with Crippen molar-refractivity contribution in [3.05, 3.63) is 42.0 Å². The predicted octanol–water partition coefficient (Wildman–Crippen LogP) is 3.24. The van der Waals surface area contributed by atoms with E-state index >= 15 is 0 Å². The maximum atomic E-state index is 13.0. The molecule has 0 saturated carbocycles. The van der Waals surface area contributed by atoms with Gasteiger partial charge in [0.25, 0.3) is 5.91 Å². The van der Waals surface area contributed by atoms with Crippen molar-refractivity contribution >= 4 is 27.3 Å². The van der Waals surface area contributed by atoms with E-state index in [2.05, 4.69) is 10.0 Å². The Hall–Kier alpha value is -2.78. The van der Waals surface area contributed by atoms with Gasteiger partial charge in [0, 0.05) is 31.3 Å². The molecule has 0 aromatic heterocycles. The molecule has 2 N–H and O–H groups in total. The number of carbonyl (C=O) groups excluding carboxylic acids is 1. The molecular formula is C22H29N3O5S. The van der Waals surface area contributed by atoms with Crippen LogP contribution in [0.1, 0.15) is 36.5 Å². The lowest BCUT2D eigenvalue weighted by molar-refractivity contribution is 0.102. The number of sulfonamides is 1. The highest BCUT2D eigenvalue weighted by molar-refractivity contribution is 7.89. The molecule has 2 aromatic carbocycles. The van der Waals surface area contributed by atoms with E-state index in [1.54, 1.807) is 30.3 Å². The number of anilines is 2. The van der Waals surface area contributed by atoms with Crippen molar-refractivity contribution in [2.75, 3.05) is 44.1 Å². The number of methoxy groups -OCH3 is 2. The van der Waals surface area contributed by atoms with Gasteiger partial charge >= 0.3 is 0 Å². The van der Waals surface area contributed by atoms with Crippen LogP contribution in [0.4, 0.5) is 11.4 Å². The first-order valence-electron chi connectivity index (χ1n) is 10.3. The third kappa shape index (κ3) is 5.29. The van der Waals surface area contributed by atoms with Crippen LogP contribution < -0.4 is 24.4 Å². The summed E-state index contributed by atoms with van der Waals surface area (Å²) in [4.78, 5) is 15.1. The lowest BCUT2D eigenvalue weighted by atomic mass is 10.1. The summed E-state index contributed by atoms with van der Waals surface area (Å²) in [5.74, 6) is 0.597. The van der Waals surface area contributed by atoms with Crippen LogP contribution in [-0.2, 0) is 10.0 Å². The lowest BCUT2D eigenvalue weighted by Gasteiger charge is -2.22. The number of amides is 1.